The fourth-order valence-corrected chi connectivity index (χ4v) is 3.52. The average molecular weight is 356 g/mol. The lowest BCUT2D eigenvalue weighted by Crippen LogP contribution is -2.45. The maximum absolute atomic E-state index is 12.7. The molecule has 1 aromatic carbocycles. The summed E-state index contributed by atoms with van der Waals surface area (Å²) in [7, 11) is 0. The first kappa shape index (κ1) is 18.1. The van der Waals surface area contributed by atoms with Crippen molar-refractivity contribution in [3.05, 3.63) is 47.8 Å². The van der Waals surface area contributed by atoms with Crippen LogP contribution in [0.2, 0.25) is 0 Å². The van der Waals surface area contributed by atoms with Crippen LogP contribution < -0.4 is 0 Å². The zero-order valence-corrected chi connectivity index (χ0v) is 14.8. The van der Waals surface area contributed by atoms with Crippen molar-refractivity contribution in [1.82, 2.24) is 19.9 Å². The van der Waals surface area contributed by atoms with Crippen LogP contribution in [0.25, 0.3) is 0 Å². The molecule has 0 radical (unpaired) electrons. The molecule has 2 heterocycles. The van der Waals surface area contributed by atoms with Crippen LogP contribution in [-0.2, 0) is 17.8 Å². The van der Waals surface area contributed by atoms with Crippen molar-refractivity contribution in [2.24, 2.45) is 0 Å². The Labute approximate surface area is 152 Å². The fourth-order valence-electron chi connectivity index (χ4n) is 3.52. The molecule has 2 aromatic rings. The number of likely N-dealkylation sites (tertiary alicyclic amines) is 1. The summed E-state index contributed by atoms with van der Waals surface area (Å²) < 4.78 is 1.31. The van der Waals surface area contributed by atoms with Crippen molar-refractivity contribution in [1.29, 1.82) is 0 Å². The van der Waals surface area contributed by atoms with Gasteiger partial charge in [-0.1, -0.05) is 35.5 Å². The van der Waals surface area contributed by atoms with Gasteiger partial charge in [0.05, 0.1) is 6.20 Å². The highest BCUT2D eigenvalue weighted by Crippen LogP contribution is 2.22. The summed E-state index contributed by atoms with van der Waals surface area (Å²) in [5, 5.41) is 16.2. The Morgan fingerprint density at radius 2 is 2.00 bits per heavy atom. The van der Waals surface area contributed by atoms with Crippen molar-refractivity contribution >= 4 is 11.9 Å². The molecule has 26 heavy (non-hydrogen) atoms. The zero-order chi connectivity index (χ0) is 18.4. The Morgan fingerprint density at radius 3 is 2.73 bits per heavy atom. The largest absolute Gasteiger partial charge is 0.476 e. The van der Waals surface area contributed by atoms with Gasteiger partial charge in [0.1, 0.15) is 6.54 Å². The number of hydrogen-bond donors (Lipinski definition) is 1. The summed E-state index contributed by atoms with van der Waals surface area (Å²) >= 11 is 0. The van der Waals surface area contributed by atoms with Crippen molar-refractivity contribution in [2.75, 3.05) is 6.54 Å². The molecule has 1 atom stereocenters. The number of hydrogen-bond acceptors (Lipinski definition) is 4. The van der Waals surface area contributed by atoms with E-state index in [2.05, 4.69) is 34.6 Å². The van der Waals surface area contributed by atoms with Crippen LogP contribution >= 0.6 is 0 Å². The molecule has 1 aliphatic rings. The Kier molecular flexibility index (Phi) is 5.99. The molecule has 138 valence electrons. The molecule has 7 heteroatoms. The minimum Gasteiger partial charge on any atom is -0.476 e. The highest BCUT2D eigenvalue weighted by molar-refractivity contribution is 5.84. The van der Waals surface area contributed by atoms with Gasteiger partial charge in [0, 0.05) is 12.6 Å². The van der Waals surface area contributed by atoms with Crippen LogP contribution in [0.15, 0.2) is 36.5 Å². The summed E-state index contributed by atoms with van der Waals surface area (Å²) in [5.74, 6) is -1.16. The SMILES string of the molecule is O=C(O)c1cn(CC(=O)N2CCCCC2CCCc2ccccc2)nn1. The minimum atomic E-state index is -1.14. The second-order valence-corrected chi connectivity index (χ2v) is 6.72. The highest BCUT2D eigenvalue weighted by atomic mass is 16.4. The number of carbonyl (C=O) groups is 2. The minimum absolute atomic E-state index is 0.0174. The van der Waals surface area contributed by atoms with Gasteiger partial charge in [0.15, 0.2) is 5.69 Å². The number of aryl methyl sites for hydroxylation is 1. The van der Waals surface area contributed by atoms with Gasteiger partial charge < -0.3 is 10.0 Å². The molecule has 7 nitrogen and oxygen atoms in total. The van der Waals surface area contributed by atoms with Crippen molar-refractivity contribution < 1.29 is 14.7 Å². The van der Waals surface area contributed by atoms with Gasteiger partial charge in [-0.15, -0.1) is 5.10 Å². The number of aromatic nitrogens is 3. The van der Waals surface area contributed by atoms with Crippen LogP contribution in [0.3, 0.4) is 0 Å². The molecule has 0 saturated carbocycles. The smallest absolute Gasteiger partial charge is 0.358 e. The first-order chi connectivity index (χ1) is 12.6. The Bertz CT molecular complexity index is 744. The van der Waals surface area contributed by atoms with Crippen LogP contribution in [0.1, 0.15) is 48.2 Å². The summed E-state index contributed by atoms with van der Waals surface area (Å²) in [6.07, 6.45) is 7.53. The maximum Gasteiger partial charge on any atom is 0.358 e. The van der Waals surface area contributed by atoms with E-state index in [4.69, 9.17) is 5.11 Å². The van der Waals surface area contributed by atoms with E-state index in [9.17, 15) is 9.59 Å². The van der Waals surface area contributed by atoms with Crippen molar-refractivity contribution in [3.63, 3.8) is 0 Å². The Morgan fingerprint density at radius 1 is 1.19 bits per heavy atom. The number of rotatable bonds is 7. The van der Waals surface area contributed by atoms with Crippen LogP contribution in [0.4, 0.5) is 0 Å². The maximum atomic E-state index is 12.7. The first-order valence-electron chi connectivity index (χ1n) is 9.10. The van der Waals surface area contributed by atoms with Crippen LogP contribution in [-0.4, -0.2) is 49.5 Å². The number of nitrogens with zero attached hydrogens (tertiary/aromatic N) is 4. The average Bonchev–Trinajstić information content (AvgIpc) is 3.12. The van der Waals surface area contributed by atoms with E-state index in [-0.39, 0.29) is 24.2 Å². The van der Waals surface area contributed by atoms with Gasteiger partial charge in [-0.2, -0.15) is 0 Å². The molecule has 1 N–H and O–H groups in total. The van der Waals surface area contributed by atoms with Gasteiger partial charge in [-0.25, -0.2) is 9.48 Å². The molecule has 0 bridgehead atoms. The van der Waals surface area contributed by atoms with Crippen LogP contribution in [0, 0.1) is 0 Å². The second-order valence-electron chi connectivity index (χ2n) is 6.72. The first-order valence-corrected chi connectivity index (χ1v) is 9.10. The number of carbonyl (C=O) groups excluding carboxylic acids is 1. The van der Waals surface area contributed by atoms with E-state index in [0.29, 0.717) is 0 Å². The lowest BCUT2D eigenvalue weighted by atomic mass is 9.96. The molecule has 1 amide bonds. The predicted octanol–water partition coefficient (Wildman–Crippen LogP) is 2.38. The topological polar surface area (TPSA) is 88.3 Å². The third-order valence-electron chi connectivity index (χ3n) is 4.85. The van der Waals surface area contributed by atoms with E-state index in [0.717, 1.165) is 45.1 Å². The lowest BCUT2D eigenvalue weighted by molar-refractivity contribution is -0.135. The molecule has 1 saturated heterocycles. The predicted molar refractivity (Wildman–Crippen MR) is 95.7 cm³/mol. The number of piperidine rings is 1. The van der Waals surface area contributed by atoms with Gasteiger partial charge in [0.2, 0.25) is 5.91 Å². The lowest BCUT2D eigenvalue weighted by Gasteiger charge is -2.36. The molecule has 0 aliphatic carbocycles. The number of carboxylic acid groups (broad SMARTS) is 1. The second kappa shape index (κ2) is 8.60. The summed E-state index contributed by atoms with van der Waals surface area (Å²) in [6, 6.07) is 10.6. The van der Waals surface area contributed by atoms with Gasteiger partial charge in [0.25, 0.3) is 0 Å². The Hall–Kier alpha value is -2.70. The molecule has 1 fully saturated rings. The normalized spacial score (nSPS) is 17.2. The molecule has 0 spiro atoms. The molecule has 1 aliphatic heterocycles. The molecule has 1 aromatic heterocycles. The van der Waals surface area contributed by atoms with E-state index in [1.54, 1.807) is 0 Å². The molecular weight excluding hydrogens is 332 g/mol. The highest BCUT2D eigenvalue weighted by Gasteiger charge is 2.26. The quantitative estimate of drug-likeness (QED) is 0.823. The summed E-state index contributed by atoms with van der Waals surface area (Å²) in [5.41, 5.74) is 1.18. The number of carboxylic acids is 1. The van der Waals surface area contributed by atoms with Gasteiger partial charge in [-0.3, -0.25) is 4.79 Å². The molecule has 1 unspecified atom stereocenters. The van der Waals surface area contributed by atoms with E-state index in [1.165, 1.54) is 16.4 Å². The standard InChI is InChI=1S/C19H24N4O3/c24-18(14-22-13-17(19(25)26)20-21-22)23-12-5-4-10-16(23)11-6-9-15-7-2-1-3-8-15/h1-3,7-8,13,16H,4-6,9-12,14H2,(H,25,26). The number of aromatic carboxylic acids is 1. The van der Waals surface area contributed by atoms with E-state index < -0.39 is 5.97 Å². The van der Waals surface area contributed by atoms with Crippen LogP contribution in [0.5, 0.6) is 0 Å². The monoisotopic (exact) mass is 356 g/mol. The molecular formula is C19H24N4O3. The van der Waals surface area contributed by atoms with Gasteiger partial charge in [-0.05, 0) is 44.1 Å². The van der Waals surface area contributed by atoms with E-state index >= 15 is 0 Å². The third-order valence-corrected chi connectivity index (χ3v) is 4.85. The molecule has 3 rings (SSSR count). The zero-order valence-electron chi connectivity index (χ0n) is 14.8. The van der Waals surface area contributed by atoms with Crippen molar-refractivity contribution in [3.8, 4) is 0 Å². The fraction of sp³-hybridized carbons (Fsp3) is 0.474. The third kappa shape index (κ3) is 4.68. The number of benzene rings is 1. The van der Waals surface area contributed by atoms with E-state index in [1.807, 2.05) is 11.0 Å². The number of amides is 1. The summed E-state index contributed by atoms with van der Waals surface area (Å²) in [4.78, 5) is 25.5. The van der Waals surface area contributed by atoms with Gasteiger partial charge >= 0.3 is 5.97 Å². The van der Waals surface area contributed by atoms with Crippen molar-refractivity contribution in [2.45, 2.75) is 51.1 Å². The summed E-state index contributed by atoms with van der Waals surface area (Å²) in [6.45, 7) is 0.796. The Balaban J connectivity index is 1.55.